The highest BCUT2D eigenvalue weighted by Crippen LogP contribution is 2.46. The summed E-state index contributed by atoms with van der Waals surface area (Å²) in [5, 5.41) is 22.5. The predicted molar refractivity (Wildman–Crippen MR) is 87.6 cm³/mol. The Bertz CT molecular complexity index is 898. The van der Waals surface area contributed by atoms with E-state index in [9.17, 15) is 25.0 Å². The van der Waals surface area contributed by atoms with Crippen LogP contribution in [0.2, 0.25) is 0 Å². The van der Waals surface area contributed by atoms with Crippen molar-refractivity contribution >= 4 is 23.1 Å². The van der Waals surface area contributed by atoms with Gasteiger partial charge in [-0.1, -0.05) is 29.8 Å². The smallest absolute Gasteiger partial charge is 0.397 e. The molecule has 0 radical (unpaired) electrons. The monoisotopic (exact) mass is 362 g/mol. The van der Waals surface area contributed by atoms with Crippen molar-refractivity contribution in [1.82, 2.24) is 0 Å². The molecule has 0 spiro atoms. The summed E-state index contributed by atoms with van der Waals surface area (Å²) < 4.78 is 5.62. The largest absolute Gasteiger partial charge is 0.475 e. The molecule has 0 saturated heterocycles. The second kappa shape index (κ2) is 5.82. The van der Waals surface area contributed by atoms with E-state index in [-0.39, 0.29) is 17.0 Å². The quantitative estimate of drug-likeness (QED) is 0.358. The fraction of sp³-hybridized carbons (Fsp3) is 0.188. The summed E-state index contributed by atoms with van der Waals surface area (Å²) in [6.45, 7) is 1.84. The summed E-state index contributed by atoms with van der Waals surface area (Å²) in [5.41, 5.74) is 0.606. The van der Waals surface area contributed by atoms with E-state index in [0.717, 1.165) is 17.7 Å². The number of ether oxygens (including phenoxy) is 1. The van der Waals surface area contributed by atoms with Crippen LogP contribution in [0.1, 0.15) is 27.6 Å². The number of fused-ring (bicyclic) bond motifs is 1. The Kier molecular flexibility index (Phi) is 3.92. The Morgan fingerprint density at radius 2 is 1.76 bits per heavy atom. The fourth-order valence-corrected chi connectivity index (χ4v) is 2.91. The van der Waals surface area contributed by atoms with Gasteiger partial charge >= 0.3 is 5.00 Å². The number of alkyl halides is 1. The van der Waals surface area contributed by atoms with E-state index in [2.05, 4.69) is 0 Å². The first kappa shape index (κ1) is 16.8. The lowest BCUT2D eigenvalue weighted by molar-refractivity contribution is -0.536. The standard InChI is InChI=1S/C16H11ClN2O6/c1-9-2-4-10(5-3-9)15-16(17,19(23)24)14(20)12-8-11(18(21)22)6-7-13(12)25-15/h2-8,15H,1H3. The molecule has 3 rings (SSSR count). The second-order valence-corrected chi connectivity index (χ2v) is 6.18. The molecular formula is C16H11ClN2O6. The molecule has 0 aliphatic carbocycles. The van der Waals surface area contributed by atoms with Gasteiger partial charge in [-0.2, -0.15) is 0 Å². The van der Waals surface area contributed by atoms with Gasteiger partial charge in [0.2, 0.25) is 6.10 Å². The maximum absolute atomic E-state index is 12.7. The number of carbonyl (C=O) groups excluding carboxylic acids is 1. The second-order valence-electron chi connectivity index (χ2n) is 5.61. The molecule has 0 bridgehead atoms. The van der Waals surface area contributed by atoms with Gasteiger partial charge in [0.25, 0.3) is 11.5 Å². The summed E-state index contributed by atoms with van der Waals surface area (Å²) in [4.78, 5) is 31.0. The van der Waals surface area contributed by atoms with Gasteiger partial charge in [-0.3, -0.25) is 25.0 Å². The third kappa shape index (κ3) is 2.60. The lowest BCUT2D eigenvalue weighted by Gasteiger charge is -2.32. The Morgan fingerprint density at radius 1 is 1.12 bits per heavy atom. The van der Waals surface area contributed by atoms with E-state index in [1.54, 1.807) is 24.3 Å². The highest BCUT2D eigenvalue weighted by molar-refractivity contribution is 6.37. The summed E-state index contributed by atoms with van der Waals surface area (Å²) in [6.07, 6.45) is -1.37. The van der Waals surface area contributed by atoms with Crippen LogP contribution in [-0.4, -0.2) is 20.6 Å². The van der Waals surface area contributed by atoms with Gasteiger partial charge in [0.15, 0.2) is 0 Å². The van der Waals surface area contributed by atoms with Crippen molar-refractivity contribution in [3.63, 3.8) is 0 Å². The number of carbonyl (C=O) groups is 1. The van der Waals surface area contributed by atoms with Crippen molar-refractivity contribution in [2.24, 2.45) is 0 Å². The van der Waals surface area contributed by atoms with Gasteiger partial charge in [-0.25, -0.2) is 0 Å². The van der Waals surface area contributed by atoms with E-state index >= 15 is 0 Å². The molecule has 2 aromatic rings. The molecule has 1 aliphatic heterocycles. The normalized spacial score (nSPS) is 22.0. The number of benzene rings is 2. The predicted octanol–water partition coefficient (Wildman–Crippen LogP) is 3.43. The van der Waals surface area contributed by atoms with E-state index in [1.165, 1.54) is 6.07 Å². The zero-order valence-electron chi connectivity index (χ0n) is 12.8. The number of hydrogen-bond donors (Lipinski definition) is 0. The van der Waals surface area contributed by atoms with Crippen molar-refractivity contribution in [1.29, 1.82) is 0 Å². The Morgan fingerprint density at radius 3 is 2.32 bits per heavy atom. The number of halogens is 1. The number of ketones is 1. The third-order valence-electron chi connectivity index (χ3n) is 3.98. The first-order valence-electron chi connectivity index (χ1n) is 7.15. The summed E-state index contributed by atoms with van der Waals surface area (Å²) in [7, 11) is 0. The van der Waals surface area contributed by atoms with E-state index in [4.69, 9.17) is 16.3 Å². The number of nitro groups is 2. The van der Waals surface area contributed by atoms with Crippen molar-refractivity contribution in [2.45, 2.75) is 18.0 Å². The minimum absolute atomic E-state index is 0.0132. The van der Waals surface area contributed by atoms with Crippen LogP contribution in [0.5, 0.6) is 5.75 Å². The number of non-ortho nitro benzene ring substituents is 1. The molecule has 0 aromatic heterocycles. The minimum atomic E-state index is -2.61. The lowest BCUT2D eigenvalue weighted by atomic mass is 9.90. The minimum Gasteiger partial charge on any atom is -0.475 e. The van der Waals surface area contributed by atoms with Crippen molar-refractivity contribution in [2.75, 3.05) is 0 Å². The lowest BCUT2D eigenvalue weighted by Crippen LogP contribution is -2.51. The van der Waals surface area contributed by atoms with Crippen LogP contribution in [0.4, 0.5) is 5.69 Å². The van der Waals surface area contributed by atoms with E-state index in [0.29, 0.717) is 5.56 Å². The van der Waals surface area contributed by atoms with Gasteiger partial charge in [0, 0.05) is 17.7 Å². The van der Waals surface area contributed by atoms with Crippen LogP contribution < -0.4 is 4.74 Å². The number of nitrogens with zero attached hydrogens (tertiary/aromatic N) is 2. The first-order chi connectivity index (χ1) is 11.7. The molecule has 0 N–H and O–H groups in total. The van der Waals surface area contributed by atoms with Crippen LogP contribution in [0.3, 0.4) is 0 Å². The Labute approximate surface area is 146 Å². The molecule has 25 heavy (non-hydrogen) atoms. The van der Waals surface area contributed by atoms with Crippen LogP contribution in [-0.2, 0) is 0 Å². The molecule has 0 saturated carbocycles. The molecule has 1 aliphatic rings. The first-order valence-corrected chi connectivity index (χ1v) is 7.53. The van der Waals surface area contributed by atoms with Crippen LogP contribution >= 0.6 is 11.6 Å². The molecule has 2 unspecified atom stereocenters. The van der Waals surface area contributed by atoms with Gasteiger partial charge in [0.05, 0.1) is 15.4 Å². The van der Waals surface area contributed by atoms with Crippen LogP contribution in [0, 0.1) is 27.2 Å². The SMILES string of the molecule is Cc1ccc(C2Oc3ccc([N+](=O)[O-])cc3C(=O)C2(Cl)[N+](=O)[O-])cc1. The van der Waals surface area contributed by atoms with Gasteiger partial charge in [-0.05, 0) is 24.6 Å². The molecule has 2 atom stereocenters. The number of aryl methyl sites for hydroxylation is 1. The maximum atomic E-state index is 12.7. The van der Waals surface area contributed by atoms with Gasteiger partial charge < -0.3 is 4.74 Å². The Hall–Kier alpha value is -3.00. The molecule has 0 fully saturated rings. The molecule has 1 heterocycles. The highest BCUT2D eigenvalue weighted by atomic mass is 35.5. The topological polar surface area (TPSA) is 113 Å². The van der Waals surface area contributed by atoms with Crippen LogP contribution in [0.25, 0.3) is 0 Å². The highest BCUT2D eigenvalue weighted by Gasteiger charge is 2.62. The van der Waals surface area contributed by atoms with Gasteiger partial charge in [-0.15, -0.1) is 0 Å². The maximum Gasteiger partial charge on any atom is 0.397 e. The zero-order valence-corrected chi connectivity index (χ0v) is 13.6. The third-order valence-corrected chi connectivity index (χ3v) is 4.48. The average Bonchev–Trinajstić information content (AvgIpc) is 2.58. The summed E-state index contributed by atoms with van der Waals surface area (Å²) in [5.74, 6) is -1.03. The average molecular weight is 363 g/mol. The number of Topliss-reactive ketones (excluding diaryl/α,β-unsaturated/α-hetero) is 1. The molecule has 2 aromatic carbocycles. The fourth-order valence-electron chi connectivity index (χ4n) is 2.63. The van der Waals surface area contributed by atoms with Crippen molar-refractivity contribution in [3.05, 3.63) is 79.4 Å². The van der Waals surface area contributed by atoms with E-state index in [1.807, 2.05) is 6.92 Å². The molecule has 9 heteroatoms. The van der Waals surface area contributed by atoms with Gasteiger partial charge in [0.1, 0.15) is 5.75 Å². The number of nitro benzene ring substituents is 1. The Balaban J connectivity index is 2.18. The van der Waals surface area contributed by atoms with Crippen molar-refractivity contribution < 1.29 is 19.4 Å². The molecule has 128 valence electrons. The van der Waals surface area contributed by atoms with Crippen molar-refractivity contribution in [3.8, 4) is 5.75 Å². The van der Waals surface area contributed by atoms with E-state index < -0.39 is 26.7 Å². The van der Waals surface area contributed by atoms with Crippen LogP contribution in [0.15, 0.2) is 42.5 Å². The summed E-state index contributed by atoms with van der Waals surface area (Å²) in [6, 6.07) is 9.93. The summed E-state index contributed by atoms with van der Waals surface area (Å²) >= 11 is 6.12. The number of hydrogen-bond acceptors (Lipinski definition) is 6. The molecule has 8 nitrogen and oxygen atoms in total. The molecule has 0 amide bonds. The zero-order chi connectivity index (χ0) is 18.4. The molecular weight excluding hydrogens is 352 g/mol. The number of rotatable bonds is 3.